The van der Waals surface area contributed by atoms with Gasteiger partial charge in [0, 0.05) is 22.3 Å². The molecule has 0 spiro atoms. The Balaban J connectivity index is 0.000000693. The molecule has 1 aromatic carbocycles. The molecule has 4 aromatic rings. The quantitative estimate of drug-likeness (QED) is 0.461. The van der Waals surface area contributed by atoms with Crippen LogP contribution in [0.4, 0.5) is 0 Å². The third-order valence-corrected chi connectivity index (χ3v) is 3.85. The van der Waals surface area contributed by atoms with Gasteiger partial charge in [-0.25, -0.2) is 4.98 Å². The van der Waals surface area contributed by atoms with E-state index in [9.17, 15) is 0 Å². The normalized spacial score (nSPS) is 10.5. The third kappa shape index (κ3) is 2.40. The van der Waals surface area contributed by atoms with E-state index in [-0.39, 0.29) is 0 Å². The molecule has 0 unspecified atom stereocenters. The van der Waals surface area contributed by atoms with Gasteiger partial charge in [-0.15, -0.1) is 0 Å². The molecule has 3 aromatic heterocycles. The molecule has 0 bridgehead atoms. The summed E-state index contributed by atoms with van der Waals surface area (Å²) in [6, 6.07) is 16.2. The lowest BCUT2D eigenvalue weighted by Gasteiger charge is -2.05. The SMILES string of the molecule is Brc1ccc2c(c1)c1ncccc1n2-c1ccccn1.CC. The van der Waals surface area contributed by atoms with E-state index in [1.165, 1.54) is 0 Å². The van der Waals surface area contributed by atoms with Gasteiger partial charge in [-0.05, 0) is 42.5 Å². The smallest absolute Gasteiger partial charge is 0.137 e. The number of pyridine rings is 2. The molecule has 0 atom stereocenters. The topological polar surface area (TPSA) is 30.7 Å². The Morgan fingerprint density at radius 2 is 1.68 bits per heavy atom. The molecule has 22 heavy (non-hydrogen) atoms. The van der Waals surface area contributed by atoms with Gasteiger partial charge in [-0.2, -0.15) is 0 Å². The molecule has 0 aliphatic carbocycles. The largest absolute Gasteiger partial charge is 0.292 e. The summed E-state index contributed by atoms with van der Waals surface area (Å²) in [6.45, 7) is 4.00. The van der Waals surface area contributed by atoms with Gasteiger partial charge >= 0.3 is 0 Å². The lowest BCUT2D eigenvalue weighted by atomic mass is 10.2. The fourth-order valence-corrected chi connectivity index (χ4v) is 2.90. The van der Waals surface area contributed by atoms with Gasteiger partial charge in [0.25, 0.3) is 0 Å². The zero-order valence-corrected chi connectivity index (χ0v) is 14.1. The third-order valence-electron chi connectivity index (χ3n) is 3.36. The molecule has 0 aliphatic rings. The van der Waals surface area contributed by atoms with E-state index >= 15 is 0 Å². The van der Waals surface area contributed by atoms with Crippen molar-refractivity contribution >= 4 is 37.9 Å². The number of aromatic nitrogens is 3. The van der Waals surface area contributed by atoms with Crippen LogP contribution in [-0.4, -0.2) is 14.5 Å². The van der Waals surface area contributed by atoms with Crippen molar-refractivity contribution in [1.82, 2.24) is 14.5 Å². The molecule has 0 amide bonds. The average molecular weight is 354 g/mol. The number of fused-ring (bicyclic) bond motifs is 3. The van der Waals surface area contributed by atoms with E-state index in [0.717, 1.165) is 32.2 Å². The maximum atomic E-state index is 4.53. The first-order chi connectivity index (χ1) is 10.8. The highest BCUT2D eigenvalue weighted by molar-refractivity contribution is 9.10. The van der Waals surface area contributed by atoms with E-state index in [4.69, 9.17) is 0 Å². The summed E-state index contributed by atoms with van der Waals surface area (Å²) < 4.78 is 3.19. The van der Waals surface area contributed by atoms with Crippen molar-refractivity contribution < 1.29 is 0 Å². The van der Waals surface area contributed by atoms with Crippen molar-refractivity contribution in [3.63, 3.8) is 0 Å². The minimum Gasteiger partial charge on any atom is -0.292 e. The van der Waals surface area contributed by atoms with Crippen LogP contribution in [0.3, 0.4) is 0 Å². The summed E-state index contributed by atoms with van der Waals surface area (Å²) in [7, 11) is 0. The van der Waals surface area contributed by atoms with E-state index < -0.39 is 0 Å². The molecule has 110 valence electrons. The minimum absolute atomic E-state index is 0.905. The highest BCUT2D eigenvalue weighted by Crippen LogP contribution is 2.31. The predicted molar refractivity (Wildman–Crippen MR) is 95.4 cm³/mol. The average Bonchev–Trinajstić information content (AvgIpc) is 2.91. The number of hydrogen-bond donors (Lipinski definition) is 0. The van der Waals surface area contributed by atoms with Gasteiger partial charge in [-0.1, -0.05) is 35.8 Å². The molecule has 0 fully saturated rings. The fraction of sp³-hybridized carbons (Fsp3) is 0.111. The van der Waals surface area contributed by atoms with Crippen LogP contribution < -0.4 is 0 Å². The molecule has 3 heterocycles. The van der Waals surface area contributed by atoms with E-state index in [1.807, 2.05) is 56.6 Å². The van der Waals surface area contributed by atoms with Crippen LogP contribution in [0, 0.1) is 0 Å². The van der Waals surface area contributed by atoms with Gasteiger partial charge in [0.2, 0.25) is 0 Å². The maximum Gasteiger partial charge on any atom is 0.137 e. The molecule has 0 radical (unpaired) electrons. The van der Waals surface area contributed by atoms with Crippen LogP contribution in [0.15, 0.2) is 65.4 Å². The zero-order valence-electron chi connectivity index (χ0n) is 12.5. The van der Waals surface area contributed by atoms with Gasteiger partial charge in [0.15, 0.2) is 0 Å². The fourth-order valence-electron chi connectivity index (χ4n) is 2.54. The number of benzene rings is 1. The van der Waals surface area contributed by atoms with Gasteiger partial charge in [0.05, 0.1) is 16.6 Å². The van der Waals surface area contributed by atoms with Crippen molar-refractivity contribution in [2.24, 2.45) is 0 Å². The standard InChI is InChI=1S/C16H10BrN3.C2H6/c17-11-6-7-13-12(10-11)16-14(4-3-9-19-16)20(13)15-5-1-2-8-18-15;1-2/h1-10H;1-2H3. The lowest BCUT2D eigenvalue weighted by Crippen LogP contribution is -1.96. The second-order valence-corrected chi connectivity index (χ2v) is 5.47. The molecule has 0 aliphatic heterocycles. The molecule has 4 rings (SSSR count). The Bertz CT molecular complexity index is 914. The van der Waals surface area contributed by atoms with Crippen molar-refractivity contribution in [2.45, 2.75) is 13.8 Å². The highest BCUT2D eigenvalue weighted by atomic mass is 79.9. The van der Waals surface area contributed by atoms with Crippen molar-refractivity contribution in [2.75, 3.05) is 0 Å². The first-order valence-corrected chi connectivity index (χ1v) is 8.10. The second-order valence-electron chi connectivity index (χ2n) is 4.56. The van der Waals surface area contributed by atoms with E-state index in [0.29, 0.717) is 0 Å². The minimum atomic E-state index is 0.905. The second kappa shape index (κ2) is 6.28. The first-order valence-electron chi connectivity index (χ1n) is 7.31. The summed E-state index contributed by atoms with van der Waals surface area (Å²) in [5.74, 6) is 0.905. The molecule has 0 N–H and O–H groups in total. The van der Waals surface area contributed by atoms with Crippen molar-refractivity contribution in [3.05, 3.63) is 65.4 Å². The molecule has 3 nitrogen and oxygen atoms in total. The number of halogens is 1. The number of nitrogens with zero attached hydrogens (tertiary/aromatic N) is 3. The first kappa shape index (κ1) is 14.7. The molecule has 0 saturated heterocycles. The summed E-state index contributed by atoms with van der Waals surface area (Å²) in [5.41, 5.74) is 3.18. The molecule has 4 heteroatoms. The Hall–Kier alpha value is -2.20. The van der Waals surface area contributed by atoms with Crippen molar-refractivity contribution in [1.29, 1.82) is 0 Å². The lowest BCUT2D eigenvalue weighted by molar-refractivity contribution is 1.08. The van der Waals surface area contributed by atoms with E-state index in [2.05, 4.69) is 48.7 Å². The Labute approximate surface area is 137 Å². The Morgan fingerprint density at radius 3 is 2.45 bits per heavy atom. The van der Waals surface area contributed by atoms with Crippen molar-refractivity contribution in [3.8, 4) is 5.82 Å². The summed E-state index contributed by atoms with van der Waals surface area (Å²) >= 11 is 3.53. The zero-order chi connectivity index (χ0) is 15.5. The molecular weight excluding hydrogens is 338 g/mol. The van der Waals surface area contributed by atoms with Crippen LogP contribution in [0.2, 0.25) is 0 Å². The summed E-state index contributed by atoms with van der Waals surface area (Å²) in [5, 5.41) is 1.13. The monoisotopic (exact) mass is 353 g/mol. The maximum absolute atomic E-state index is 4.53. The van der Waals surface area contributed by atoms with Crippen LogP contribution in [0.1, 0.15) is 13.8 Å². The molecule has 0 saturated carbocycles. The predicted octanol–water partition coefficient (Wildman–Crippen LogP) is 5.36. The van der Waals surface area contributed by atoms with Gasteiger partial charge in [-0.3, -0.25) is 9.55 Å². The Morgan fingerprint density at radius 1 is 0.864 bits per heavy atom. The van der Waals surface area contributed by atoms with Crippen LogP contribution in [0.5, 0.6) is 0 Å². The summed E-state index contributed by atoms with van der Waals surface area (Å²) in [4.78, 5) is 8.99. The highest BCUT2D eigenvalue weighted by Gasteiger charge is 2.13. The van der Waals surface area contributed by atoms with Crippen LogP contribution in [-0.2, 0) is 0 Å². The molecular formula is C18H16BrN3. The van der Waals surface area contributed by atoms with E-state index in [1.54, 1.807) is 0 Å². The van der Waals surface area contributed by atoms with Crippen LogP contribution in [0.25, 0.3) is 27.8 Å². The van der Waals surface area contributed by atoms with Gasteiger partial charge in [0.1, 0.15) is 5.82 Å². The van der Waals surface area contributed by atoms with Crippen LogP contribution >= 0.6 is 15.9 Å². The Kier molecular flexibility index (Phi) is 4.20. The summed E-state index contributed by atoms with van der Waals surface area (Å²) in [6.07, 6.45) is 3.63. The van der Waals surface area contributed by atoms with Gasteiger partial charge < -0.3 is 0 Å². The number of hydrogen-bond acceptors (Lipinski definition) is 2. The number of rotatable bonds is 1.